The summed E-state index contributed by atoms with van der Waals surface area (Å²) in [6.45, 7) is 3.10. The third kappa shape index (κ3) is 1.98. The van der Waals surface area contributed by atoms with Gasteiger partial charge in [-0.3, -0.25) is 4.79 Å². The van der Waals surface area contributed by atoms with E-state index in [4.69, 9.17) is 0 Å². The van der Waals surface area contributed by atoms with Crippen LogP contribution in [0.4, 0.5) is 4.79 Å². The second kappa shape index (κ2) is 3.29. The molecule has 1 aliphatic carbocycles. The van der Waals surface area contributed by atoms with Gasteiger partial charge in [0.05, 0.1) is 0 Å². The summed E-state index contributed by atoms with van der Waals surface area (Å²) < 4.78 is 0. The molecule has 1 amide bonds. The molecule has 0 heterocycles. The fourth-order valence-corrected chi connectivity index (χ4v) is 1.64. The van der Waals surface area contributed by atoms with Crippen molar-refractivity contribution in [1.29, 1.82) is 0 Å². The predicted molar refractivity (Wildman–Crippen MR) is 48.5 cm³/mol. The van der Waals surface area contributed by atoms with Crippen molar-refractivity contribution in [2.75, 3.05) is 6.54 Å². The van der Waals surface area contributed by atoms with E-state index in [-0.39, 0.29) is 5.81 Å². The molecule has 1 rings (SSSR count). The molecule has 0 unspecified atom stereocenters. The lowest BCUT2D eigenvalue weighted by molar-refractivity contribution is 0.128. The van der Waals surface area contributed by atoms with Crippen molar-refractivity contribution in [2.45, 2.75) is 32.6 Å². The third-order valence-corrected chi connectivity index (χ3v) is 2.88. The molecule has 0 spiro atoms. The first-order chi connectivity index (χ1) is 5.18. The van der Waals surface area contributed by atoms with Crippen molar-refractivity contribution < 1.29 is 4.79 Å². The van der Waals surface area contributed by atoms with E-state index in [1.807, 2.05) is 0 Å². The van der Waals surface area contributed by atoms with Gasteiger partial charge in [-0.15, -0.1) is 0 Å². The summed E-state index contributed by atoms with van der Waals surface area (Å²) in [5, 5.41) is 2.90. The largest absolute Gasteiger partial charge is 0.365 e. The lowest BCUT2D eigenvalue weighted by atomic mass is 9.67. The zero-order chi connectivity index (χ0) is 8.32. The Morgan fingerprint density at radius 3 is 2.55 bits per heavy atom. The first-order valence-electron chi connectivity index (χ1n) is 4.43. The van der Waals surface area contributed by atoms with E-state index in [0.29, 0.717) is 5.41 Å². The molecule has 0 radical (unpaired) electrons. The lowest BCUT2D eigenvalue weighted by Gasteiger charge is -2.41. The fraction of sp³-hybridized carbons (Fsp3) is 0.875. The van der Waals surface area contributed by atoms with Gasteiger partial charge >= 0.3 is 0 Å². The predicted octanol–water partition coefficient (Wildman–Crippen LogP) is 0.909. The Morgan fingerprint density at radius 2 is 2.27 bits per heavy atom. The van der Waals surface area contributed by atoms with Crippen molar-refractivity contribution >= 4 is 13.7 Å². The monoisotopic (exact) mass is 153 g/mol. The number of nitrogens with one attached hydrogen (secondary N) is 1. The van der Waals surface area contributed by atoms with Crippen LogP contribution >= 0.6 is 0 Å². The summed E-state index contributed by atoms with van der Waals surface area (Å²) in [7, 11) is 1.59. The van der Waals surface area contributed by atoms with Crippen LogP contribution in [-0.2, 0) is 0 Å². The molecule has 0 saturated heterocycles. The molecule has 0 atom stereocenters. The average Bonchev–Trinajstić information content (AvgIpc) is 1.86. The summed E-state index contributed by atoms with van der Waals surface area (Å²) in [6.07, 6.45) is 5.13. The summed E-state index contributed by atoms with van der Waals surface area (Å²) in [5.74, 6) is 0.102. The highest BCUT2D eigenvalue weighted by Crippen LogP contribution is 2.42. The first kappa shape index (κ1) is 8.63. The molecular formula is C8H16BNO. The van der Waals surface area contributed by atoms with Gasteiger partial charge in [0, 0.05) is 6.54 Å². The van der Waals surface area contributed by atoms with Crippen molar-refractivity contribution in [3.05, 3.63) is 0 Å². The molecule has 3 heteroatoms. The van der Waals surface area contributed by atoms with Crippen LogP contribution in [0.1, 0.15) is 32.6 Å². The minimum absolute atomic E-state index is 0.102. The van der Waals surface area contributed by atoms with E-state index in [2.05, 4.69) is 12.2 Å². The molecule has 1 fully saturated rings. The van der Waals surface area contributed by atoms with Gasteiger partial charge in [0.25, 0.3) is 0 Å². The summed E-state index contributed by atoms with van der Waals surface area (Å²) >= 11 is 0. The zero-order valence-corrected chi connectivity index (χ0v) is 7.44. The Bertz CT molecular complexity index is 149. The number of rotatable bonds is 3. The molecule has 1 saturated carbocycles. The highest BCUT2D eigenvalue weighted by molar-refractivity contribution is 6.57. The van der Waals surface area contributed by atoms with Crippen LogP contribution in [-0.4, -0.2) is 20.2 Å². The van der Waals surface area contributed by atoms with E-state index in [1.54, 1.807) is 7.85 Å². The number of amides is 1. The van der Waals surface area contributed by atoms with Gasteiger partial charge < -0.3 is 5.32 Å². The Kier molecular flexibility index (Phi) is 2.58. The Balaban J connectivity index is 2.27. The molecule has 1 aliphatic rings. The summed E-state index contributed by atoms with van der Waals surface area (Å²) in [6, 6.07) is 0. The molecule has 62 valence electrons. The second-order valence-electron chi connectivity index (χ2n) is 3.62. The van der Waals surface area contributed by atoms with Gasteiger partial charge in [-0.25, -0.2) is 0 Å². The summed E-state index contributed by atoms with van der Waals surface area (Å²) in [5.41, 5.74) is 0.464. The Labute approximate surface area is 69.2 Å². The molecule has 11 heavy (non-hydrogen) atoms. The maximum absolute atomic E-state index is 10.6. The number of hydrogen-bond donors (Lipinski definition) is 1. The Morgan fingerprint density at radius 1 is 1.64 bits per heavy atom. The van der Waals surface area contributed by atoms with Crippen molar-refractivity contribution in [3.8, 4) is 0 Å². The highest BCUT2D eigenvalue weighted by Gasteiger charge is 2.34. The van der Waals surface area contributed by atoms with Gasteiger partial charge in [-0.1, -0.05) is 13.3 Å². The molecule has 0 aromatic carbocycles. The van der Waals surface area contributed by atoms with Crippen LogP contribution in [0.5, 0.6) is 0 Å². The van der Waals surface area contributed by atoms with E-state index in [0.717, 1.165) is 6.54 Å². The van der Waals surface area contributed by atoms with Gasteiger partial charge in [0.2, 0.25) is 7.85 Å². The van der Waals surface area contributed by atoms with E-state index < -0.39 is 0 Å². The molecule has 2 nitrogen and oxygen atoms in total. The molecule has 0 aromatic heterocycles. The standard InChI is InChI=1S/C8H16BNO/c1-2-8(4-3-5-8)6-10-7(9)11/h2-6,9H2,1H3,(H,10,11). The van der Waals surface area contributed by atoms with Crippen LogP contribution in [0.2, 0.25) is 0 Å². The SMILES string of the molecule is BC(=O)NCC1(CC)CCC1. The lowest BCUT2D eigenvalue weighted by Crippen LogP contribution is -2.41. The van der Waals surface area contributed by atoms with Crippen LogP contribution in [0, 0.1) is 5.41 Å². The highest BCUT2D eigenvalue weighted by atomic mass is 16.1. The van der Waals surface area contributed by atoms with Gasteiger partial charge in [-0.2, -0.15) is 0 Å². The first-order valence-corrected chi connectivity index (χ1v) is 4.43. The summed E-state index contributed by atoms with van der Waals surface area (Å²) in [4.78, 5) is 10.6. The van der Waals surface area contributed by atoms with Crippen molar-refractivity contribution in [3.63, 3.8) is 0 Å². The maximum atomic E-state index is 10.6. The van der Waals surface area contributed by atoms with Crippen molar-refractivity contribution in [1.82, 2.24) is 5.32 Å². The molecular weight excluding hydrogens is 137 g/mol. The number of hydrogen-bond acceptors (Lipinski definition) is 1. The molecule has 0 aromatic rings. The third-order valence-electron chi connectivity index (χ3n) is 2.88. The molecule has 0 aliphatic heterocycles. The van der Waals surface area contributed by atoms with E-state index >= 15 is 0 Å². The quantitative estimate of drug-likeness (QED) is 0.600. The van der Waals surface area contributed by atoms with E-state index in [9.17, 15) is 4.79 Å². The minimum atomic E-state index is 0.102. The van der Waals surface area contributed by atoms with Crippen LogP contribution < -0.4 is 5.32 Å². The number of carbonyl (C=O) groups is 1. The molecule has 0 bridgehead atoms. The molecule has 1 N–H and O–H groups in total. The number of carbonyl (C=O) groups excluding carboxylic acids is 1. The van der Waals surface area contributed by atoms with E-state index in [1.165, 1.54) is 25.7 Å². The average molecular weight is 153 g/mol. The normalized spacial score (nSPS) is 20.5. The van der Waals surface area contributed by atoms with Gasteiger partial charge in [0.1, 0.15) is 0 Å². The van der Waals surface area contributed by atoms with Crippen LogP contribution in [0.25, 0.3) is 0 Å². The van der Waals surface area contributed by atoms with Crippen LogP contribution in [0.3, 0.4) is 0 Å². The Hall–Kier alpha value is -0.465. The minimum Gasteiger partial charge on any atom is -0.365 e. The topological polar surface area (TPSA) is 29.1 Å². The smallest absolute Gasteiger partial charge is 0.215 e. The van der Waals surface area contributed by atoms with Gasteiger partial charge in [0.15, 0.2) is 5.81 Å². The zero-order valence-electron chi connectivity index (χ0n) is 7.44. The second-order valence-corrected chi connectivity index (χ2v) is 3.62. The van der Waals surface area contributed by atoms with Gasteiger partial charge in [-0.05, 0) is 24.7 Å². The van der Waals surface area contributed by atoms with Crippen molar-refractivity contribution in [2.24, 2.45) is 5.41 Å². The fourth-order valence-electron chi connectivity index (χ4n) is 1.64. The van der Waals surface area contributed by atoms with Crippen LogP contribution in [0.15, 0.2) is 0 Å². The maximum Gasteiger partial charge on any atom is 0.215 e.